The maximum Gasteiger partial charge on any atom is 0.340 e. The lowest BCUT2D eigenvalue weighted by Gasteiger charge is -2.29. The van der Waals surface area contributed by atoms with Gasteiger partial charge in [0.25, 0.3) is 0 Å². The van der Waals surface area contributed by atoms with Crippen LogP contribution in [0.1, 0.15) is 18.1 Å². The molecular formula is C26H24NO4P. The van der Waals surface area contributed by atoms with Gasteiger partial charge in [0.15, 0.2) is 7.14 Å². The smallest absolute Gasteiger partial charge is 0.340 e. The van der Waals surface area contributed by atoms with Crippen LogP contribution in [0.2, 0.25) is 0 Å². The highest BCUT2D eigenvalue weighted by atomic mass is 31.2. The second-order valence-corrected chi connectivity index (χ2v) is 10.5. The highest BCUT2D eigenvalue weighted by Gasteiger charge is 2.36. The first-order chi connectivity index (χ1) is 15.5. The Morgan fingerprint density at radius 3 is 2.00 bits per heavy atom. The fraction of sp³-hybridized carbons (Fsp3) is 0.154. The summed E-state index contributed by atoms with van der Waals surface area (Å²) >= 11 is 0. The van der Waals surface area contributed by atoms with Gasteiger partial charge in [0, 0.05) is 16.3 Å². The Morgan fingerprint density at radius 1 is 0.906 bits per heavy atom. The molecule has 1 heterocycles. The Hall–Kier alpha value is -3.43. The lowest BCUT2D eigenvalue weighted by Crippen LogP contribution is -2.35. The number of hydrogen-bond donors (Lipinski definition) is 0. The molecule has 0 saturated carbocycles. The molecule has 0 fully saturated rings. The van der Waals surface area contributed by atoms with Gasteiger partial charge in [-0.25, -0.2) is 4.79 Å². The number of amides is 1. The average Bonchev–Trinajstić information content (AvgIpc) is 2.93. The van der Waals surface area contributed by atoms with Crippen molar-refractivity contribution in [3.8, 4) is 0 Å². The first-order valence-corrected chi connectivity index (χ1v) is 12.2. The van der Waals surface area contributed by atoms with Crippen LogP contribution in [0.4, 0.5) is 0 Å². The zero-order chi connectivity index (χ0) is 22.7. The van der Waals surface area contributed by atoms with Gasteiger partial charge in [0.2, 0.25) is 5.91 Å². The number of esters is 1. The van der Waals surface area contributed by atoms with Crippen LogP contribution >= 0.6 is 7.14 Å². The molecule has 0 saturated heterocycles. The zero-order valence-corrected chi connectivity index (χ0v) is 18.9. The van der Waals surface area contributed by atoms with Gasteiger partial charge in [-0.1, -0.05) is 84.9 Å². The van der Waals surface area contributed by atoms with Gasteiger partial charge in [0.1, 0.15) is 0 Å². The molecule has 1 amide bonds. The molecule has 1 aliphatic rings. The van der Waals surface area contributed by atoms with E-state index < -0.39 is 13.1 Å². The van der Waals surface area contributed by atoms with Crippen LogP contribution in [-0.4, -0.2) is 30.2 Å². The topological polar surface area (TPSA) is 63.7 Å². The second kappa shape index (κ2) is 8.97. The fourth-order valence-electron chi connectivity index (χ4n) is 4.09. The van der Waals surface area contributed by atoms with Gasteiger partial charge in [-0.05, 0) is 18.1 Å². The third-order valence-corrected chi connectivity index (χ3v) is 8.72. The molecule has 1 aliphatic heterocycles. The van der Waals surface area contributed by atoms with Crippen molar-refractivity contribution in [1.82, 2.24) is 4.90 Å². The van der Waals surface area contributed by atoms with Gasteiger partial charge in [-0.3, -0.25) is 4.79 Å². The summed E-state index contributed by atoms with van der Waals surface area (Å²) in [7, 11) is -1.91. The van der Waals surface area contributed by atoms with E-state index in [0.717, 1.165) is 5.56 Å². The number of carbonyl (C=O) groups excluding carboxylic acids is 2. The molecule has 0 unspecified atom stereocenters. The van der Waals surface area contributed by atoms with Gasteiger partial charge in [0.05, 0.1) is 25.4 Å². The molecule has 3 aromatic carbocycles. The standard InChI is InChI=1S/C26H24NO4P/c1-19-25(26(29)31-2)23-16-10-9-11-20(23)17-24(28)27(19)18-32(30,21-12-5-3-6-13-21)22-14-7-4-8-15-22/h3-16H,17-18H2,1-2H3. The van der Waals surface area contributed by atoms with Crippen molar-refractivity contribution in [2.24, 2.45) is 0 Å². The van der Waals surface area contributed by atoms with Gasteiger partial charge in [-0.15, -0.1) is 0 Å². The molecule has 6 heteroatoms. The number of hydrogen-bond acceptors (Lipinski definition) is 4. The molecule has 0 radical (unpaired) electrons. The third-order valence-electron chi connectivity index (χ3n) is 5.77. The van der Waals surface area contributed by atoms with Gasteiger partial charge < -0.3 is 14.2 Å². The Balaban J connectivity index is 1.88. The van der Waals surface area contributed by atoms with Crippen LogP contribution in [0.15, 0.2) is 90.6 Å². The minimum absolute atomic E-state index is 0.0415. The SMILES string of the molecule is COC(=O)C1=C(C)N(CP(=O)(c2ccccc2)c2ccccc2)C(=O)Cc2ccccc21. The quantitative estimate of drug-likeness (QED) is 0.441. The summed E-state index contributed by atoms with van der Waals surface area (Å²) in [5.74, 6) is -0.732. The van der Waals surface area contributed by atoms with E-state index in [1.54, 1.807) is 6.92 Å². The summed E-state index contributed by atoms with van der Waals surface area (Å²) in [5.41, 5.74) is 2.18. The minimum atomic E-state index is -3.23. The van der Waals surface area contributed by atoms with Crippen molar-refractivity contribution in [2.45, 2.75) is 13.3 Å². The molecule has 5 nitrogen and oxygen atoms in total. The summed E-state index contributed by atoms with van der Waals surface area (Å²) < 4.78 is 19.6. The van der Waals surface area contributed by atoms with Crippen molar-refractivity contribution < 1.29 is 18.9 Å². The summed E-state index contributed by atoms with van der Waals surface area (Å²) in [4.78, 5) is 27.7. The molecule has 0 spiro atoms. The highest BCUT2D eigenvalue weighted by Crippen LogP contribution is 2.46. The number of nitrogens with zero attached hydrogens (tertiary/aromatic N) is 1. The van der Waals surface area contributed by atoms with Crippen molar-refractivity contribution >= 4 is 35.2 Å². The molecule has 0 atom stereocenters. The average molecular weight is 445 g/mol. The van der Waals surface area contributed by atoms with Crippen LogP contribution in [0.25, 0.3) is 5.57 Å². The van der Waals surface area contributed by atoms with Crippen molar-refractivity contribution in [3.05, 3.63) is 102 Å². The predicted molar refractivity (Wildman–Crippen MR) is 126 cm³/mol. The van der Waals surface area contributed by atoms with Gasteiger partial charge in [-0.2, -0.15) is 0 Å². The number of carbonyl (C=O) groups is 2. The van der Waals surface area contributed by atoms with Gasteiger partial charge >= 0.3 is 5.97 Å². The van der Waals surface area contributed by atoms with E-state index in [-0.39, 0.29) is 18.6 Å². The number of methoxy groups -OCH3 is 1. The molecule has 4 rings (SSSR count). The van der Waals surface area contributed by atoms with Crippen molar-refractivity contribution in [3.63, 3.8) is 0 Å². The van der Waals surface area contributed by atoms with Crippen LogP contribution < -0.4 is 10.6 Å². The Kier molecular flexibility index (Phi) is 6.11. The number of ether oxygens (including phenoxy) is 1. The summed E-state index contributed by atoms with van der Waals surface area (Å²) in [6.07, 6.45) is 0.0672. The summed E-state index contributed by atoms with van der Waals surface area (Å²) in [6.45, 7) is 1.71. The molecular weight excluding hydrogens is 421 g/mol. The van der Waals surface area contributed by atoms with E-state index in [0.29, 0.717) is 27.4 Å². The van der Waals surface area contributed by atoms with Crippen LogP contribution in [0.5, 0.6) is 0 Å². The van der Waals surface area contributed by atoms with E-state index >= 15 is 0 Å². The minimum Gasteiger partial charge on any atom is -0.465 e. The predicted octanol–water partition coefficient (Wildman–Crippen LogP) is 3.95. The molecule has 3 aromatic rings. The highest BCUT2D eigenvalue weighted by molar-refractivity contribution is 7.78. The van der Waals surface area contributed by atoms with Crippen molar-refractivity contribution in [2.75, 3.05) is 13.4 Å². The molecule has 162 valence electrons. The first-order valence-electron chi connectivity index (χ1n) is 10.3. The van der Waals surface area contributed by atoms with E-state index in [1.165, 1.54) is 12.0 Å². The lowest BCUT2D eigenvalue weighted by atomic mass is 9.98. The van der Waals surface area contributed by atoms with Crippen LogP contribution in [-0.2, 0) is 25.3 Å². The van der Waals surface area contributed by atoms with E-state index in [4.69, 9.17) is 4.74 Å². The van der Waals surface area contributed by atoms with Crippen molar-refractivity contribution in [1.29, 1.82) is 0 Å². The Bertz CT molecular complexity index is 1190. The van der Waals surface area contributed by atoms with E-state index in [1.807, 2.05) is 84.9 Å². The number of fused-ring (bicyclic) bond motifs is 1. The van der Waals surface area contributed by atoms with Crippen LogP contribution in [0, 0.1) is 0 Å². The Morgan fingerprint density at radius 2 is 1.44 bits per heavy atom. The molecule has 0 aromatic heterocycles. The maximum atomic E-state index is 14.6. The molecule has 0 N–H and O–H groups in total. The maximum absolute atomic E-state index is 14.6. The summed E-state index contributed by atoms with van der Waals surface area (Å²) in [5, 5.41) is 1.32. The van der Waals surface area contributed by atoms with Crippen LogP contribution in [0.3, 0.4) is 0 Å². The zero-order valence-electron chi connectivity index (χ0n) is 18.0. The largest absolute Gasteiger partial charge is 0.465 e. The van der Waals surface area contributed by atoms with E-state index in [9.17, 15) is 14.2 Å². The molecule has 0 aliphatic carbocycles. The second-order valence-electron chi connectivity index (χ2n) is 7.66. The normalized spacial score (nSPS) is 14.1. The van der Waals surface area contributed by atoms with E-state index in [2.05, 4.69) is 0 Å². The first kappa shape index (κ1) is 21.8. The molecule has 32 heavy (non-hydrogen) atoms. The number of rotatable bonds is 5. The number of benzene rings is 3. The lowest BCUT2D eigenvalue weighted by molar-refractivity contribution is -0.133. The Labute approximate surface area is 187 Å². The fourth-order valence-corrected chi connectivity index (χ4v) is 6.79. The third kappa shape index (κ3) is 3.92. The number of allylic oxidation sites excluding steroid dienone is 1. The monoisotopic (exact) mass is 445 g/mol. The molecule has 0 bridgehead atoms. The summed E-state index contributed by atoms with van der Waals surface area (Å²) in [6, 6.07) is 25.7.